The summed E-state index contributed by atoms with van der Waals surface area (Å²) in [6.07, 6.45) is 0. The predicted octanol–water partition coefficient (Wildman–Crippen LogP) is 3.21. The maximum absolute atomic E-state index is 5.34. The van der Waals surface area contributed by atoms with Gasteiger partial charge in [-0.15, -0.1) is 0 Å². The second-order valence-corrected chi connectivity index (χ2v) is 3.16. The van der Waals surface area contributed by atoms with Crippen LogP contribution in [0.2, 0.25) is 0 Å². The minimum absolute atomic E-state index is 0.598. The Morgan fingerprint density at radius 1 is 1.17 bits per heavy atom. The van der Waals surface area contributed by atoms with Crippen molar-refractivity contribution < 1.29 is 4.74 Å². The zero-order valence-electron chi connectivity index (χ0n) is 8.00. The fourth-order valence-corrected chi connectivity index (χ4v) is 1.12. The third-order valence-electron chi connectivity index (χ3n) is 1.86. The second kappa shape index (κ2) is 4.15. The fraction of sp³-hybridized carbons (Fsp3) is 0.455. The monoisotopic (exact) mass is 164 g/mol. The van der Waals surface area contributed by atoms with Crippen molar-refractivity contribution in [2.75, 3.05) is 6.61 Å². The number of ether oxygens (including phenoxy) is 1. The van der Waals surface area contributed by atoms with Gasteiger partial charge >= 0.3 is 0 Å². The maximum atomic E-state index is 5.34. The summed E-state index contributed by atoms with van der Waals surface area (Å²) in [7, 11) is 0. The van der Waals surface area contributed by atoms with Crippen LogP contribution in [-0.4, -0.2) is 6.61 Å². The molecule has 0 aliphatic rings. The van der Waals surface area contributed by atoms with Gasteiger partial charge in [-0.3, -0.25) is 0 Å². The topological polar surface area (TPSA) is 9.23 Å². The lowest BCUT2D eigenvalue weighted by atomic mass is 10.0. The Labute approximate surface area is 74.4 Å². The average molecular weight is 164 g/mol. The van der Waals surface area contributed by atoms with Gasteiger partial charge in [0.15, 0.2) is 0 Å². The Morgan fingerprint density at radius 2 is 1.75 bits per heavy atom. The highest BCUT2D eigenvalue weighted by Crippen LogP contribution is 2.18. The van der Waals surface area contributed by atoms with E-state index < -0.39 is 0 Å². The lowest BCUT2D eigenvalue weighted by Gasteiger charge is -2.06. The first-order chi connectivity index (χ1) is 5.74. The van der Waals surface area contributed by atoms with Crippen LogP contribution in [0.4, 0.5) is 0 Å². The number of rotatable bonds is 3. The van der Waals surface area contributed by atoms with E-state index in [4.69, 9.17) is 4.74 Å². The first-order valence-electron chi connectivity index (χ1n) is 4.46. The lowest BCUT2D eigenvalue weighted by Crippen LogP contribution is -1.92. The van der Waals surface area contributed by atoms with Crippen molar-refractivity contribution in [2.45, 2.75) is 26.7 Å². The summed E-state index contributed by atoms with van der Waals surface area (Å²) in [5, 5.41) is 0. The molecule has 0 saturated heterocycles. The van der Waals surface area contributed by atoms with Crippen LogP contribution in [0, 0.1) is 0 Å². The summed E-state index contributed by atoms with van der Waals surface area (Å²) >= 11 is 0. The van der Waals surface area contributed by atoms with Gasteiger partial charge in [0.2, 0.25) is 0 Å². The first-order valence-corrected chi connectivity index (χ1v) is 4.46. The highest BCUT2D eigenvalue weighted by Gasteiger charge is 1.97. The average Bonchev–Trinajstić information content (AvgIpc) is 2.06. The first kappa shape index (κ1) is 9.11. The minimum Gasteiger partial charge on any atom is -0.494 e. The Balaban J connectivity index is 2.71. The zero-order valence-corrected chi connectivity index (χ0v) is 8.00. The summed E-state index contributed by atoms with van der Waals surface area (Å²) in [5.74, 6) is 1.56. The van der Waals surface area contributed by atoms with Crippen LogP contribution in [0.15, 0.2) is 24.3 Å². The molecule has 0 N–H and O–H groups in total. The van der Waals surface area contributed by atoms with E-state index in [1.54, 1.807) is 0 Å². The largest absolute Gasteiger partial charge is 0.494 e. The zero-order chi connectivity index (χ0) is 8.97. The van der Waals surface area contributed by atoms with E-state index in [0.29, 0.717) is 5.92 Å². The van der Waals surface area contributed by atoms with Crippen molar-refractivity contribution in [3.8, 4) is 5.75 Å². The molecular formula is C11H16O. The summed E-state index contributed by atoms with van der Waals surface area (Å²) in [5.41, 5.74) is 1.36. The van der Waals surface area contributed by atoms with E-state index in [2.05, 4.69) is 26.0 Å². The molecule has 66 valence electrons. The minimum atomic E-state index is 0.598. The van der Waals surface area contributed by atoms with Crippen molar-refractivity contribution in [3.05, 3.63) is 29.8 Å². The van der Waals surface area contributed by atoms with E-state index in [1.165, 1.54) is 5.56 Å². The number of benzene rings is 1. The summed E-state index contributed by atoms with van der Waals surface area (Å²) in [6, 6.07) is 8.29. The Bertz CT molecular complexity index is 223. The Kier molecular flexibility index (Phi) is 3.15. The molecule has 1 rings (SSSR count). The third-order valence-corrected chi connectivity index (χ3v) is 1.86. The molecular weight excluding hydrogens is 148 g/mol. The Morgan fingerprint density at radius 3 is 2.17 bits per heavy atom. The predicted molar refractivity (Wildman–Crippen MR) is 51.7 cm³/mol. The third kappa shape index (κ3) is 2.26. The molecule has 0 heterocycles. The van der Waals surface area contributed by atoms with Crippen molar-refractivity contribution in [1.29, 1.82) is 0 Å². The SMILES string of the molecule is CCOc1ccc(C(C)C)cc1. The fourth-order valence-electron chi connectivity index (χ4n) is 1.12. The summed E-state index contributed by atoms with van der Waals surface area (Å²) in [6.45, 7) is 7.11. The van der Waals surface area contributed by atoms with Gasteiger partial charge in [-0.2, -0.15) is 0 Å². The molecule has 1 aromatic carbocycles. The molecule has 0 radical (unpaired) electrons. The van der Waals surface area contributed by atoms with Crippen molar-refractivity contribution in [2.24, 2.45) is 0 Å². The van der Waals surface area contributed by atoms with Gasteiger partial charge in [0.1, 0.15) is 5.75 Å². The molecule has 1 aromatic rings. The number of hydrogen-bond donors (Lipinski definition) is 0. The molecule has 0 aromatic heterocycles. The molecule has 0 amide bonds. The van der Waals surface area contributed by atoms with E-state index in [9.17, 15) is 0 Å². The van der Waals surface area contributed by atoms with Crippen LogP contribution in [0.1, 0.15) is 32.3 Å². The van der Waals surface area contributed by atoms with E-state index >= 15 is 0 Å². The van der Waals surface area contributed by atoms with Crippen LogP contribution < -0.4 is 4.74 Å². The normalized spacial score (nSPS) is 10.3. The molecule has 0 fully saturated rings. The van der Waals surface area contributed by atoms with Crippen molar-refractivity contribution >= 4 is 0 Å². The highest BCUT2D eigenvalue weighted by atomic mass is 16.5. The maximum Gasteiger partial charge on any atom is 0.119 e. The highest BCUT2D eigenvalue weighted by molar-refractivity contribution is 5.28. The van der Waals surface area contributed by atoms with Crippen LogP contribution in [0.25, 0.3) is 0 Å². The van der Waals surface area contributed by atoms with Crippen molar-refractivity contribution in [1.82, 2.24) is 0 Å². The molecule has 0 bridgehead atoms. The summed E-state index contributed by atoms with van der Waals surface area (Å²) < 4.78 is 5.34. The molecule has 0 aliphatic carbocycles. The van der Waals surface area contributed by atoms with E-state index in [1.807, 2.05) is 19.1 Å². The van der Waals surface area contributed by atoms with Gasteiger partial charge in [-0.05, 0) is 30.5 Å². The lowest BCUT2D eigenvalue weighted by molar-refractivity contribution is 0.340. The van der Waals surface area contributed by atoms with Crippen LogP contribution in [0.3, 0.4) is 0 Å². The van der Waals surface area contributed by atoms with Gasteiger partial charge in [-0.25, -0.2) is 0 Å². The quantitative estimate of drug-likeness (QED) is 0.666. The molecule has 0 spiro atoms. The smallest absolute Gasteiger partial charge is 0.119 e. The number of hydrogen-bond acceptors (Lipinski definition) is 1. The molecule has 12 heavy (non-hydrogen) atoms. The second-order valence-electron chi connectivity index (χ2n) is 3.16. The van der Waals surface area contributed by atoms with Crippen LogP contribution in [-0.2, 0) is 0 Å². The molecule has 0 saturated carbocycles. The van der Waals surface area contributed by atoms with Gasteiger partial charge in [-0.1, -0.05) is 26.0 Å². The molecule has 0 atom stereocenters. The molecule has 1 nitrogen and oxygen atoms in total. The van der Waals surface area contributed by atoms with Crippen LogP contribution >= 0.6 is 0 Å². The van der Waals surface area contributed by atoms with Crippen molar-refractivity contribution in [3.63, 3.8) is 0 Å². The molecule has 1 heteroatoms. The van der Waals surface area contributed by atoms with Gasteiger partial charge < -0.3 is 4.74 Å². The van der Waals surface area contributed by atoms with Gasteiger partial charge in [0.05, 0.1) is 6.61 Å². The van der Waals surface area contributed by atoms with E-state index in [0.717, 1.165) is 12.4 Å². The van der Waals surface area contributed by atoms with Crippen LogP contribution in [0.5, 0.6) is 5.75 Å². The molecule has 0 aliphatic heterocycles. The summed E-state index contributed by atoms with van der Waals surface area (Å²) in [4.78, 5) is 0. The van der Waals surface area contributed by atoms with E-state index in [-0.39, 0.29) is 0 Å². The molecule has 0 unspecified atom stereocenters. The van der Waals surface area contributed by atoms with Gasteiger partial charge in [0, 0.05) is 0 Å². The standard InChI is InChI=1S/C11H16O/c1-4-12-11-7-5-10(6-8-11)9(2)3/h5-9H,4H2,1-3H3. The Hall–Kier alpha value is -0.980. The van der Waals surface area contributed by atoms with Gasteiger partial charge in [0.25, 0.3) is 0 Å².